The summed E-state index contributed by atoms with van der Waals surface area (Å²) in [4.78, 5) is 3.18. The molecule has 0 saturated carbocycles. The van der Waals surface area contributed by atoms with Crippen molar-refractivity contribution in [2.75, 3.05) is 13.7 Å². The fraction of sp³-hybridized carbons (Fsp3) is 0.333. The molecule has 3 heteroatoms. The van der Waals surface area contributed by atoms with Crippen LogP contribution in [0.2, 0.25) is 0 Å². The van der Waals surface area contributed by atoms with Crippen molar-refractivity contribution < 1.29 is 9.84 Å². The molecule has 80 valence electrons. The van der Waals surface area contributed by atoms with Crippen molar-refractivity contribution in [1.82, 2.24) is 4.98 Å². The van der Waals surface area contributed by atoms with Crippen LogP contribution in [0.15, 0.2) is 18.3 Å². The SMILES string of the molecule is COc1cc(C)cc2c(CCO)c[nH]c12. The Morgan fingerprint density at radius 1 is 1.40 bits per heavy atom. The van der Waals surface area contributed by atoms with Crippen molar-refractivity contribution >= 4 is 10.9 Å². The molecule has 2 aromatic rings. The fourth-order valence-corrected chi connectivity index (χ4v) is 1.88. The third kappa shape index (κ3) is 1.70. The topological polar surface area (TPSA) is 45.2 Å². The third-order valence-electron chi connectivity index (χ3n) is 2.58. The number of hydrogen-bond acceptors (Lipinski definition) is 2. The lowest BCUT2D eigenvalue weighted by atomic mass is 10.1. The highest BCUT2D eigenvalue weighted by molar-refractivity contribution is 5.89. The molecule has 0 bridgehead atoms. The van der Waals surface area contributed by atoms with Gasteiger partial charge in [-0.15, -0.1) is 0 Å². The minimum Gasteiger partial charge on any atom is -0.495 e. The van der Waals surface area contributed by atoms with Gasteiger partial charge in [-0.1, -0.05) is 0 Å². The molecule has 0 atom stereocenters. The Morgan fingerprint density at radius 3 is 2.87 bits per heavy atom. The summed E-state index contributed by atoms with van der Waals surface area (Å²) < 4.78 is 5.31. The van der Waals surface area contributed by atoms with Crippen LogP contribution >= 0.6 is 0 Å². The first-order valence-corrected chi connectivity index (χ1v) is 5.01. The molecular formula is C12H15NO2. The van der Waals surface area contributed by atoms with Gasteiger partial charge in [0.1, 0.15) is 5.75 Å². The number of aryl methyl sites for hydroxylation is 1. The molecule has 0 radical (unpaired) electrons. The van der Waals surface area contributed by atoms with Gasteiger partial charge in [0.2, 0.25) is 0 Å². The van der Waals surface area contributed by atoms with Gasteiger partial charge in [-0.3, -0.25) is 0 Å². The van der Waals surface area contributed by atoms with Crippen LogP contribution in [0.4, 0.5) is 0 Å². The summed E-state index contributed by atoms with van der Waals surface area (Å²) in [6, 6.07) is 4.11. The Labute approximate surface area is 88.7 Å². The normalized spacial score (nSPS) is 10.9. The first-order chi connectivity index (χ1) is 7.26. The maximum atomic E-state index is 8.95. The molecule has 0 amide bonds. The number of ether oxygens (including phenoxy) is 1. The Morgan fingerprint density at radius 2 is 2.20 bits per heavy atom. The van der Waals surface area contributed by atoms with E-state index in [1.807, 2.05) is 19.2 Å². The number of rotatable bonds is 3. The molecule has 3 nitrogen and oxygen atoms in total. The van der Waals surface area contributed by atoms with Crippen molar-refractivity contribution in [3.8, 4) is 5.75 Å². The van der Waals surface area contributed by atoms with Gasteiger partial charge in [-0.05, 0) is 36.6 Å². The lowest BCUT2D eigenvalue weighted by Crippen LogP contribution is -1.89. The fourth-order valence-electron chi connectivity index (χ4n) is 1.88. The lowest BCUT2D eigenvalue weighted by Gasteiger charge is -2.04. The van der Waals surface area contributed by atoms with Crippen LogP contribution in [0.3, 0.4) is 0 Å². The molecule has 1 heterocycles. The Bertz CT molecular complexity index is 474. The summed E-state index contributed by atoms with van der Waals surface area (Å²) in [5, 5.41) is 10.1. The lowest BCUT2D eigenvalue weighted by molar-refractivity contribution is 0.300. The summed E-state index contributed by atoms with van der Waals surface area (Å²) in [5.74, 6) is 0.856. The standard InChI is InChI=1S/C12H15NO2/c1-8-5-10-9(3-4-14)7-13-12(10)11(6-8)15-2/h5-7,13-14H,3-4H2,1-2H3. The van der Waals surface area contributed by atoms with E-state index in [9.17, 15) is 0 Å². The quantitative estimate of drug-likeness (QED) is 0.805. The number of methoxy groups -OCH3 is 1. The molecular weight excluding hydrogens is 190 g/mol. The van der Waals surface area contributed by atoms with E-state index in [2.05, 4.69) is 11.1 Å². The van der Waals surface area contributed by atoms with Gasteiger partial charge in [0.25, 0.3) is 0 Å². The van der Waals surface area contributed by atoms with Gasteiger partial charge in [0, 0.05) is 18.2 Å². The van der Waals surface area contributed by atoms with Crippen molar-refractivity contribution in [2.24, 2.45) is 0 Å². The second kappa shape index (κ2) is 3.95. The number of H-pyrrole nitrogens is 1. The maximum absolute atomic E-state index is 8.95. The van der Waals surface area contributed by atoms with Crippen LogP contribution in [0.25, 0.3) is 10.9 Å². The Balaban J connectivity index is 2.64. The van der Waals surface area contributed by atoms with Crippen LogP contribution in [-0.2, 0) is 6.42 Å². The summed E-state index contributed by atoms with van der Waals surface area (Å²) in [7, 11) is 1.67. The van der Waals surface area contributed by atoms with Crippen LogP contribution in [0, 0.1) is 6.92 Å². The zero-order valence-electron chi connectivity index (χ0n) is 9.00. The number of aromatic nitrogens is 1. The Hall–Kier alpha value is -1.48. The van der Waals surface area contributed by atoms with E-state index in [1.165, 1.54) is 0 Å². The number of hydrogen-bond donors (Lipinski definition) is 2. The second-order valence-corrected chi connectivity index (χ2v) is 3.68. The van der Waals surface area contributed by atoms with Crippen LogP contribution in [0.5, 0.6) is 5.75 Å². The number of aliphatic hydroxyl groups excluding tert-OH is 1. The monoisotopic (exact) mass is 205 g/mol. The summed E-state index contributed by atoms with van der Waals surface area (Å²) >= 11 is 0. The van der Waals surface area contributed by atoms with Gasteiger partial charge in [0.05, 0.1) is 12.6 Å². The van der Waals surface area contributed by atoms with Gasteiger partial charge < -0.3 is 14.8 Å². The second-order valence-electron chi connectivity index (χ2n) is 3.68. The average molecular weight is 205 g/mol. The van der Waals surface area contributed by atoms with Crippen LogP contribution < -0.4 is 4.74 Å². The molecule has 0 fully saturated rings. The van der Waals surface area contributed by atoms with Gasteiger partial charge in [-0.2, -0.15) is 0 Å². The molecule has 0 spiro atoms. The van der Waals surface area contributed by atoms with E-state index < -0.39 is 0 Å². The van der Waals surface area contributed by atoms with Crippen LogP contribution in [-0.4, -0.2) is 23.8 Å². The predicted molar refractivity (Wildman–Crippen MR) is 60.4 cm³/mol. The first kappa shape index (κ1) is 10.1. The van der Waals surface area contributed by atoms with E-state index in [-0.39, 0.29) is 6.61 Å². The first-order valence-electron chi connectivity index (χ1n) is 5.01. The third-order valence-corrected chi connectivity index (χ3v) is 2.58. The largest absolute Gasteiger partial charge is 0.495 e. The minimum absolute atomic E-state index is 0.170. The Kier molecular flexibility index (Phi) is 2.64. The van der Waals surface area contributed by atoms with E-state index in [0.717, 1.165) is 27.8 Å². The van der Waals surface area contributed by atoms with Crippen LogP contribution in [0.1, 0.15) is 11.1 Å². The molecule has 1 aromatic heterocycles. The van der Waals surface area contributed by atoms with Crippen molar-refractivity contribution in [2.45, 2.75) is 13.3 Å². The molecule has 0 aliphatic rings. The smallest absolute Gasteiger partial charge is 0.143 e. The molecule has 2 rings (SSSR count). The number of aromatic amines is 1. The van der Waals surface area contributed by atoms with E-state index in [0.29, 0.717) is 6.42 Å². The highest BCUT2D eigenvalue weighted by Gasteiger charge is 2.08. The molecule has 0 saturated heterocycles. The summed E-state index contributed by atoms with van der Waals surface area (Å²) in [6.45, 7) is 2.21. The zero-order valence-corrected chi connectivity index (χ0v) is 9.00. The summed E-state index contributed by atoms with van der Waals surface area (Å²) in [6.07, 6.45) is 2.61. The number of benzene rings is 1. The van der Waals surface area contributed by atoms with E-state index in [4.69, 9.17) is 9.84 Å². The predicted octanol–water partition coefficient (Wildman–Crippen LogP) is 2.02. The summed E-state index contributed by atoms with van der Waals surface area (Å²) in [5.41, 5.74) is 3.30. The average Bonchev–Trinajstić information content (AvgIpc) is 2.61. The van der Waals surface area contributed by atoms with Crippen molar-refractivity contribution in [3.63, 3.8) is 0 Å². The zero-order chi connectivity index (χ0) is 10.8. The van der Waals surface area contributed by atoms with E-state index in [1.54, 1.807) is 7.11 Å². The van der Waals surface area contributed by atoms with Gasteiger partial charge in [0.15, 0.2) is 0 Å². The van der Waals surface area contributed by atoms with Gasteiger partial charge in [-0.25, -0.2) is 0 Å². The molecule has 2 N–H and O–H groups in total. The number of aliphatic hydroxyl groups is 1. The molecule has 0 aliphatic carbocycles. The molecule has 0 unspecified atom stereocenters. The van der Waals surface area contributed by atoms with E-state index >= 15 is 0 Å². The molecule has 15 heavy (non-hydrogen) atoms. The highest BCUT2D eigenvalue weighted by atomic mass is 16.5. The van der Waals surface area contributed by atoms with Gasteiger partial charge >= 0.3 is 0 Å². The van der Waals surface area contributed by atoms with Crippen molar-refractivity contribution in [3.05, 3.63) is 29.5 Å². The molecule has 1 aromatic carbocycles. The minimum atomic E-state index is 0.170. The highest BCUT2D eigenvalue weighted by Crippen LogP contribution is 2.28. The number of fused-ring (bicyclic) bond motifs is 1. The van der Waals surface area contributed by atoms with Crippen molar-refractivity contribution in [1.29, 1.82) is 0 Å². The maximum Gasteiger partial charge on any atom is 0.143 e. The molecule has 0 aliphatic heterocycles. The number of nitrogens with one attached hydrogen (secondary N) is 1.